The van der Waals surface area contributed by atoms with E-state index < -0.39 is 0 Å². The van der Waals surface area contributed by atoms with Crippen LogP contribution >= 0.6 is 11.6 Å². The van der Waals surface area contributed by atoms with Crippen molar-refractivity contribution in [3.63, 3.8) is 0 Å². The van der Waals surface area contributed by atoms with E-state index in [9.17, 15) is 0 Å². The minimum absolute atomic E-state index is 0.186. The Kier molecular flexibility index (Phi) is 5.32. The highest BCUT2D eigenvalue weighted by Gasteiger charge is 2.11. The molecule has 1 saturated heterocycles. The fourth-order valence-corrected chi connectivity index (χ4v) is 2.65. The smallest absolute Gasteiger partial charge is 0.149 e. The molecule has 3 aromatic rings. The minimum Gasteiger partial charge on any atom is -0.391 e. The monoisotopic (exact) mass is 362 g/mol. The van der Waals surface area contributed by atoms with Crippen LogP contribution in [0.1, 0.15) is 12.8 Å². The predicted octanol–water partition coefficient (Wildman–Crippen LogP) is 1.77. The Morgan fingerprint density at radius 1 is 1.28 bits per heavy atom. The molecule has 1 aliphatic heterocycles. The summed E-state index contributed by atoms with van der Waals surface area (Å²) in [5.41, 5.74) is 13.5. The Bertz CT molecular complexity index is 863. The van der Waals surface area contributed by atoms with Gasteiger partial charge in [0.1, 0.15) is 17.2 Å². The molecule has 132 valence electrons. The number of pyridine rings is 1. The van der Waals surface area contributed by atoms with Crippen molar-refractivity contribution in [1.82, 2.24) is 19.6 Å². The normalized spacial score (nSPS) is 17.1. The average molecular weight is 363 g/mol. The first kappa shape index (κ1) is 17.4. The third-order valence-corrected chi connectivity index (χ3v) is 4.01. The SMILES string of the molecule is Nc1cc(-c2cc3c(N)nccn3n2)c(Cl)cn1.OC1CCCOC1. The zero-order chi connectivity index (χ0) is 17.8. The maximum atomic E-state index is 8.78. The molecule has 1 fully saturated rings. The summed E-state index contributed by atoms with van der Waals surface area (Å²) in [5, 5.41) is 13.6. The van der Waals surface area contributed by atoms with Gasteiger partial charge in [0.2, 0.25) is 0 Å². The van der Waals surface area contributed by atoms with E-state index in [-0.39, 0.29) is 6.10 Å². The molecule has 1 unspecified atom stereocenters. The van der Waals surface area contributed by atoms with E-state index >= 15 is 0 Å². The molecule has 1 atom stereocenters. The maximum Gasteiger partial charge on any atom is 0.149 e. The van der Waals surface area contributed by atoms with E-state index in [4.69, 9.17) is 32.9 Å². The summed E-state index contributed by atoms with van der Waals surface area (Å²) in [6.07, 6.45) is 6.54. The van der Waals surface area contributed by atoms with Gasteiger partial charge in [0.25, 0.3) is 0 Å². The number of hydrogen-bond acceptors (Lipinski definition) is 7. The molecule has 1 aliphatic rings. The Morgan fingerprint density at radius 3 is 2.76 bits per heavy atom. The molecule has 0 radical (unpaired) electrons. The summed E-state index contributed by atoms with van der Waals surface area (Å²) >= 11 is 6.08. The van der Waals surface area contributed by atoms with Crippen LogP contribution in [0, 0.1) is 0 Å². The number of aliphatic hydroxyl groups excluding tert-OH is 1. The van der Waals surface area contributed by atoms with Gasteiger partial charge in [-0.25, -0.2) is 14.5 Å². The van der Waals surface area contributed by atoms with Gasteiger partial charge in [0, 0.05) is 30.8 Å². The van der Waals surface area contributed by atoms with Crippen LogP contribution in [-0.2, 0) is 4.74 Å². The van der Waals surface area contributed by atoms with Crippen molar-refractivity contribution in [2.75, 3.05) is 24.7 Å². The Labute approximate surface area is 149 Å². The number of hydrogen-bond donors (Lipinski definition) is 3. The summed E-state index contributed by atoms with van der Waals surface area (Å²) in [5.74, 6) is 0.798. The molecule has 8 nitrogen and oxygen atoms in total. The molecule has 0 spiro atoms. The first-order valence-electron chi connectivity index (χ1n) is 7.81. The molecule has 4 rings (SSSR count). The molecule has 0 aromatic carbocycles. The third kappa shape index (κ3) is 4.16. The van der Waals surface area contributed by atoms with Crippen LogP contribution in [0.25, 0.3) is 16.8 Å². The van der Waals surface area contributed by atoms with Gasteiger partial charge in [-0.3, -0.25) is 0 Å². The summed E-state index contributed by atoms with van der Waals surface area (Å²) in [6.45, 7) is 1.37. The van der Waals surface area contributed by atoms with Crippen LogP contribution < -0.4 is 11.5 Å². The van der Waals surface area contributed by atoms with E-state index in [0.717, 1.165) is 25.0 Å². The van der Waals surface area contributed by atoms with Crippen molar-refractivity contribution in [3.8, 4) is 11.3 Å². The zero-order valence-electron chi connectivity index (χ0n) is 13.5. The largest absolute Gasteiger partial charge is 0.391 e. The van der Waals surface area contributed by atoms with Crippen LogP contribution in [0.4, 0.5) is 11.6 Å². The first-order chi connectivity index (χ1) is 12.0. The van der Waals surface area contributed by atoms with Gasteiger partial charge in [-0.05, 0) is 25.0 Å². The number of halogens is 1. The molecule has 0 bridgehead atoms. The molecular formula is C16H19ClN6O2. The maximum absolute atomic E-state index is 8.78. The van der Waals surface area contributed by atoms with Gasteiger partial charge >= 0.3 is 0 Å². The lowest BCUT2D eigenvalue weighted by Crippen LogP contribution is -2.21. The number of aromatic nitrogens is 4. The number of aliphatic hydroxyl groups is 1. The molecular weight excluding hydrogens is 344 g/mol. The van der Waals surface area contributed by atoms with Gasteiger partial charge in [0.15, 0.2) is 0 Å². The second-order valence-corrected chi connectivity index (χ2v) is 6.04. The molecule has 0 aliphatic carbocycles. The lowest BCUT2D eigenvalue weighted by atomic mass is 10.2. The van der Waals surface area contributed by atoms with Crippen molar-refractivity contribution < 1.29 is 9.84 Å². The summed E-state index contributed by atoms with van der Waals surface area (Å²) in [7, 11) is 0. The molecule has 0 saturated carbocycles. The quantitative estimate of drug-likeness (QED) is 0.602. The van der Waals surface area contributed by atoms with Gasteiger partial charge in [-0.15, -0.1) is 0 Å². The van der Waals surface area contributed by atoms with Crippen molar-refractivity contribution in [2.45, 2.75) is 18.9 Å². The average Bonchev–Trinajstić information content (AvgIpc) is 3.04. The lowest BCUT2D eigenvalue weighted by Gasteiger charge is -2.15. The van der Waals surface area contributed by atoms with E-state index in [0.29, 0.717) is 34.5 Å². The topological polar surface area (TPSA) is 125 Å². The third-order valence-electron chi connectivity index (χ3n) is 3.71. The molecule has 25 heavy (non-hydrogen) atoms. The number of rotatable bonds is 1. The van der Waals surface area contributed by atoms with Gasteiger partial charge in [0.05, 0.1) is 23.4 Å². The van der Waals surface area contributed by atoms with Crippen molar-refractivity contribution in [1.29, 1.82) is 0 Å². The number of nitrogens with two attached hydrogens (primary N) is 2. The molecule has 9 heteroatoms. The van der Waals surface area contributed by atoms with Crippen molar-refractivity contribution >= 4 is 28.8 Å². The second-order valence-electron chi connectivity index (χ2n) is 5.63. The summed E-state index contributed by atoms with van der Waals surface area (Å²) in [6, 6.07) is 3.48. The summed E-state index contributed by atoms with van der Waals surface area (Å²) < 4.78 is 6.58. The van der Waals surface area contributed by atoms with Gasteiger partial charge in [-0.2, -0.15) is 5.10 Å². The Morgan fingerprint density at radius 2 is 2.12 bits per heavy atom. The van der Waals surface area contributed by atoms with E-state index in [1.165, 1.54) is 6.20 Å². The van der Waals surface area contributed by atoms with E-state index in [1.54, 1.807) is 23.0 Å². The van der Waals surface area contributed by atoms with Gasteiger partial charge in [-0.1, -0.05) is 11.6 Å². The fourth-order valence-electron chi connectivity index (χ4n) is 2.45. The standard InChI is InChI=1S/C11H9ClN6.C5H10O2/c12-7-5-16-10(13)3-6(7)8-4-9-11(14)15-1-2-18(9)17-8;6-5-2-1-3-7-4-5/h1-5H,(H2,13,16)(H2,14,15);5-6H,1-4H2. The highest BCUT2D eigenvalue weighted by molar-refractivity contribution is 6.33. The molecule has 5 N–H and O–H groups in total. The first-order valence-corrected chi connectivity index (χ1v) is 8.19. The number of fused-ring (bicyclic) bond motifs is 1. The van der Waals surface area contributed by atoms with Gasteiger partial charge < -0.3 is 21.3 Å². The molecule has 3 aromatic heterocycles. The second kappa shape index (κ2) is 7.64. The van der Waals surface area contributed by atoms with Crippen LogP contribution in [-0.4, -0.2) is 44.0 Å². The van der Waals surface area contributed by atoms with Crippen LogP contribution in [0.5, 0.6) is 0 Å². The van der Waals surface area contributed by atoms with Crippen molar-refractivity contribution in [2.24, 2.45) is 0 Å². The zero-order valence-corrected chi connectivity index (χ0v) is 14.2. The molecule has 0 amide bonds. The number of nitrogens with zero attached hydrogens (tertiary/aromatic N) is 4. The van der Waals surface area contributed by atoms with Crippen LogP contribution in [0.3, 0.4) is 0 Å². The summed E-state index contributed by atoms with van der Waals surface area (Å²) in [4.78, 5) is 7.91. The van der Waals surface area contributed by atoms with Crippen LogP contribution in [0.2, 0.25) is 5.02 Å². The minimum atomic E-state index is -0.186. The highest BCUT2D eigenvalue weighted by Crippen LogP contribution is 2.29. The fraction of sp³-hybridized carbons (Fsp3) is 0.312. The Balaban J connectivity index is 0.000000219. The number of ether oxygens (including phenoxy) is 1. The van der Waals surface area contributed by atoms with E-state index in [1.807, 2.05) is 6.07 Å². The number of anilines is 2. The predicted molar refractivity (Wildman–Crippen MR) is 96.1 cm³/mol. The highest BCUT2D eigenvalue weighted by atomic mass is 35.5. The van der Waals surface area contributed by atoms with E-state index in [2.05, 4.69) is 15.1 Å². The van der Waals surface area contributed by atoms with Crippen molar-refractivity contribution in [3.05, 3.63) is 35.7 Å². The van der Waals surface area contributed by atoms with Crippen LogP contribution in [0.15, 0.2) is 30.7 Å². The molecule has 4 heterocycles. The Hall–Kier alpha value is -2.42. The lowest BCUT2D eigenvalue weighted by molar-refractivity contribution is -0.00535. The number of nitrogen functional groups attached to an aromatic ring is 2.